The summed E-state index contributed by atoms with van der Waals surface area (Å²) in [6, 6.07) is 18.9. The lowest BCUT2D eigenvalue weighted by atomic mass is 10.1. The second-order valence-electron chi connectivity index (χ2n) is 6.93. The molecule has 0 aliphatic carbocycles. The van der Waals surface area contributed by atoms with Crippen molar-refractivity contribution in [3.63, 3.8) is 0 Å². The number of amides is 1. The van der Waals surface area contributed by atoms with Gasteiger partial charge < -0.3 is 4.55 Å². The van der Waals surface area contributed by atoms with Gasteiger partial charge in [-0.3, -0.25) is 18.6 Å². The molecule has 0 radical (unpaired) electrons. The number of carbonyl (C=O) groups is 1. The predicted octanol–water partition coefficient (Wildman–Crippen LogP) is 6.59. The molecule has 4 aromatic rings. The number of nitrogens with one attached hydrogen (secondary N) is 1. The van der Waals surface area contributed by atoms with E-state index in [4.69, 9.17) is 0 Å². The molecular formula is C23H16BrF3N3O3S2-. The van der Waals surface area contributed by atoms with E-state index in [2.05, 4.69) is 10.3 Å². The molecule has 0 aliphatic heterocycles. The molecular weight excluding hydrogens is 567 g/mol. The van der Waals surface area contributed by atoms with Crippen molar-refractivity contribution in [2.45, 2.75) is 6.18 Å². The van der Waals surface area contributed by atoms with E-state index in [0.717, 1.165) is 17.7 Å². The van der Waals surface area contributed by atoms with E-state index in [1.54, 1.807) is 5.38 Å². The fourth-order valence-corrected chi connectivity index (χ4v) is 4.51. The summed E-state index contributed by atoms with van der Waals surface area (Å²) in [4.78, 5) is 17.4. The molecule has 35 heavy (non-hydrogen) atoms. The van der Waals surface area contributed by atoms with Crippen molar-refractivity contribution in [2.24, 2.45) is 0 Å². The van der Waals surface area contributed by atoms with Gasteiger partial charge in [0.05, 0.1) is 39.5 Å². The van der Waals surface area contributed by atoms with Gasteiger partial charge in [0, 0.05) is 10.9 Å². The van der Waals surface area contributed by atoms with Gasteiger partial charge in [0.25, 0.3) is 5.91 Å². The van der Waals surface area contributed by atoms with Gasteiger partial charge in [-0.1, -0.05) is 48.5 Å². The molecule has 182 valence electrons. The highest BCUT2D eigenvalue weighted by atomic mass is 79.9. The average Bonchev–Trinajstić information content (AvgIpc) is 3.28. The lowest BCUT2D eigenvalue weighted by Gasteiger charge is -2.28. The van der Waals surface area contributed by atoms with Gasteiger partial charge in [-0.2, -0.15) is 13.2 Å². The van der Waals surface area contributed by atoms with Crippen LogP contribution in [0.15, 0.2) is 84.2 Å². The molecule has 1 heterocycles. The minimum absolute atomic E-state index is 0. The lowest BCUT2D eigenvalue weighted by molar-refractivity contribution is -0.137. The number of hydrogen-bond acceptors (Lipinski definition) is 5. The summed E-state index contributed by atoms with van der Waals surface area (Å²) in [6.07, 6.45) is -4.66. The quantitative estimate of drug-likeness (QED) is 0.260. The molecule has 0 aliphatic rings. The van der Waals surface area contributed by atoms with Crippen molar-refractivity contribution in [1.29, 1.82) is 0 Å². The number of thiazole rings is 1. The van der Waals surface area contributed by atoms with Gasteiger partial charge in [0.1, 0.15) is 0 Å². The molecule has 12 heteroatoms. The first-order valence-corrected chi connectivity index (χ1v) is 11.6. The fourth-order valence-electron chi connectivity index (χ4n) is 3.19. The van der Waals surface area contributed by atoms with E-state index >= 15 is 0 Å². The van der Waals surface area contributed by atoms with Crippen molar-refractivity contribution < 1.29 is 26.7 Å². The minimum Gasteiger partial charge on any atom is -0.755 e. The second-order valence-corrected chi connectivity index (χ2v) is 8.59. The molecule has 1 amide bonds. The van der Waals surface area contributed by atoms with Crippen LogP contribution in [0.4, 0.5) is 29.7 Å². The van der Waals surface area contributed by atoms with Gasteiger partial charge in [-0.05, 0) is 30.3 Å². The number of hydrogen-bond donors (Lipinski definition) is 1. The van der Waals surface area contributed by atoms with Crippen LogP contribution in [0, 0.1) is 0 Å². The van der Waals surface area contributed by atoms with Crippen LogP contribution in [0.1, 0.15) is 15.9 Å². The first kappa shape index (κ1) is 26.5. The Morgan fingerprint density at radius 3 is 2.37 bits per heavy atom. The molecule has 0 bridgehead atoms. The Bertz CT molecular complexity index is 1350. The highest BCUT2D eigenvalue weighted by molar-refractivity contribution is 8.93. The highest BCUT2D eigenvalue weighted by Gasteiger charge is 2.31. The maximum absolute atomic E-state index is 13.2. The zero-order valence-electron chi connectivity index (χ0n) is 17.6. The van der Waals surface area contributed by atoms with Crippen LogP contribution in [-0.2, 0) is 17.4 Å². The zero-order valence-corrected chi connectivity index (χ0v) is 20.9. The number of para-hydroxylation sites is 1. The van der Waals surface area contributed by atoms with Crippen molar-refractivity contribution in [3.05, 3.63) is 95.4 Å². The fraction of sp³-hybridized carbons (Fsp3) is 0.0435. The Labute approximate surface area is 215 Å². The summed E-state index contributed by atoms with van der Waals surface area (Å²) in [5.74, 6) is -0.660. The first-order chi connectivity index (χ1) is 16.2. The molecule has 1 N–H and O–H groups in total. The molecule has 1 unspecified atom stereocenters. The van der Waals surface area contributed by atoms with Crippen molar-refractivity contribution in [1.82, 2.24) is 4.98 Å². The first-order valence-electron chi connectivity index (χ1n) is 9.72. The van der Waals surface area contributed by atoms with Crippen molar-refractivity contribution in [2.75, 3.05) is 9.62 Å². The average molecular weight is 583 g/mol. The maximum atomic E-state index is 13.2. The van der Waals surface area contributed by atoms with Gasteiger partial charge in [-0.25, -0.2) is 4.98 Å². The van der Waals surface area contributed by atoms with E-state index in [-0.39, 0.29) is 39.1 Å². The van der Waals surface area contributed by atoms with Gasteiger partial charge in [-0.15, -0.1) is 28.3 Å². The molecule has 0 saturated carbocycles. The van der Waals surface area contributed by atoms with Crippen LogP contribution in [0.25, 0.3) is 11.3 Å². The van der Waals surface area contributed by atoms with Gasteiger partial charge in [0.2, 0.25) is 0 Å². The van der Waals surface area contributed by atoms with Crippen LogP contribution in [0.3, 0.4) is 0 Å². The normalized spacial score (nSPS) is 11.9. The number of halogens is 4. The second kappa shape index (κ2) is 11.1. The lowest BCUT2D eigenvalue weighted by Crippen LogP contribution is -2.24. The molecule has 1 atom stereocenters. The van der Waals surface area contributed by atoms with Gasteiger partial charge in [0.15, 0.2) is 5.13 Å². The smallest absolute Gasteiger partial charge is 0.416 e. The molecule has 6 nitrogen and oxygen atoms in total. The summed E-state index contributed by atoms with van der Waals surface area (Å²) >= 11 is -1.83. The van der Waals surface area contributed by atoms with Crippen LogP contribution in [0.2, 0.25) is 0 Å². The summed E-state index contributed by atoms with van der Waals surface area (Å²) in [5.41, 5.74) is 0.0771. The number of rotatable bonds is 6. The van der Waals surface area contributed by atoms with E-state index in [1.807, 2.05) is 30.3 Å². The van der Waals surface area contributed by atoms with Crippen LogP contribution >= 0.6 is 28.3 Å². The number of benzene rings is 3. The van der Waals surface area contributed by atoms with E-state index in [9.17, 15) is 26.7 Å². The molecule has 4 rings (SSSR count). The Hall–Kier alpha value is -3.06. The molecule has 0 fully saturated rings. The van der Waals surface area contributed by atoms with E-state index < -0.39 is 28.9 Å². The summed E-state index contributed by atoms with van der Waals surface area (Å²) < 4.78 is 64.3. The standard InChI is InChI=1S/C23H16F3N3O3S2.BrH/c24-23(25,26)16-9-6-10-17(13-16)29(34(31)32)20-12-5-4-11-18(20)21(30)28-22-27-19(14-33-22)15-7-2-1-3-8-15;/h1-14H,(H,31,32)(H,27,28,30);1H/p-1. The number of anilines is 3. The number of carbonyl (C=O) groups excluding carboxylic acids is 1. The molecule has 0 spiro atoms. The summed E-state index contributed by atoms with van der Waals surface area (Å²) in [7, 11) is 0. The monoisotopic (exact) mass is 582 g/mol. The maximum Gasteiger partial charge on any atom is 0.416 e. The number of nitrogens with zero attached hydrogens (tertiary/aromatic N) is 2. The topological polar surface area (TPSA) is 85.4 Å². The van der Waals surface area contributed by atoms with Crippen LogP contribution in [0.5, 0.6) is 0 Å². The Kier molecular flexibility index (Phi) is 8.43. The number of aromatic nitrogens is 1. The molecule has 3 aromatic carbocycles. The Morgan fingerprint density at radius 1 is 1.00 bits per heavy atom. The van der Waals surface area contributed by atoms with E-state index in [0.29, 0.717) is 16.1 Å². The molecule has 0 saturated heterocycles. The number of alkyl halides is 3. The largest absolute Gasteiger partial charge is 0.755 e. The zero-order chi connectivity index (χ0) is 24.3. The van der Waals surface area contributed by atoms with Crippen LogP contribution < -0.4 is 9.62 Å². The minimum atomic E-state index is -4.66. The van der Waals surface area contributed by atoms with Crippen LogP contribution in [-0.4, -0.2) is 19.7 Å². The Balaban J connectivity index is 0.00000342. The molecule has 1 aromatic heterocycles. The predicted molar refractivity (Wildman–Crippen MR) is 135 cm³/mol. The van der Waals surface area contributed by atoms with Gasteiger partial charge >= 0.3 is 6.18 Å². The third kappa shape index (κ3) is 6.14. The summed E-state index contributed by atoms with van der Waals surface area (Å²) in [5, 5.41) is 4.68. The third-order valence-corrected chi connectivity index (χ3v) is 6.18. The van der Waals surface area contributed by atoms with E-state index in [1.165, 1.54) is 41.7 Å². The summed E-state index contributed by atoms with van der Waals surface area (Å²) in [6.45, 7) is 0. The van der Waals surface area contributed by atoms with Crippen molar-refractivity contribution >= 4 is 62.0 Å². The third-order valence-electron chi connectivity index (χ3n) is 4.72. The highest BCUT2D eigenvalue weighted by Crippen LogP contribution is 2.36. The van der Waals surface area contributed by atoms with Crippen molar-refractivity contribution in [3.8, 4) is 11.3 Å². The SMILES string of the molecule is Br.O=C(Nc1nc(-c2ccccc2)cs1)c1ccccc1N(c1cccc(C(F)(F)F)c1)S(=O)[O-]. The Morgan fingerprint density at radius 2 is 1.69 bits per heavy atom.